The van der Waals surface area contributed by atoms with Crippen molar-refractivity contribution < 1.29 is 9.13 Å². The zero-order chi connectivity index (χ0) is 24.2. The van der Waals surface area contributed by atoms with E-state index in [2.05, 4.69) is 54.4 Å². The Labute approximate surface area is 205 Å². The Morgan fingerprint density at radius 2 is 1.86 bits per heavy atom. The van der Waals surface area contributed by atoms with Crippen molar-refractivity contribution >= 4 is 35.3 Å². The van der Waals surface area contributed by atoms with E-state index in [-0.39, 0.29) is 17.7 Å². The van der Waals surface area contributed by atoms with Crippen molar-refractivity contribution in [3.63, 3.8) is 0 Å². The minimum absolute atomic E-state index is 0.0920. The molecule has 35 heavy (non-hydrogen) atoms. The molecule has 0 saturated carbocycles. The quantitative estimate of drug-likeness (QED) is 0.371. The van der Waals surface area contributed by atoms with Crippen molar-refractivity contribution in [3.05, 3.63) is 65.7 Å². The first-order valence-electron chi connectivity index (χ1n) is 11.1. The highest BCUT2D eigenvalue weighted by molar-refractivity contribution is 7.98. The SMILES string of the molecule is Cc1cccc(-n2c(SCc3nc(N)nc(Nc4ccc(F)cc4)n3)nnc2N2CCOCC2)c1. The maximum atomic E-state index is 13.2. The number of morpholine rings is 1. The molecule has 2 aromatic carbocycles. The van der Waals surface area contributed by atoms with Gasteiger partial charge in [-0.15, -0.1) is 10.2 Å². The molecule has 5 rings (SSSR count). The van der Waals surface area contributed by atoms with Gasteiger partial charge in [0.25, 0.3) is 0 Å². The summed E-state index contributed by atoms with van der Waals surface area (Å²) in [5.74, 6) is 1.71. The molecule has 1 aliphatic rings. The first-order chi connectivity index (χ1) is 17.0. The van der Waals surface area contributed by atoms with Crippen LogP contribution in [0, 0.1) is 12.7 Å². The van der Waals surface area contributed by atoms with Crippen molar-refractivity contribution in [1.82, 2.24) is 29.7 Å². The highest BCUT2D eigenvalue weighted by Crippen LogP contribution is 2.29. The Balaban J connectivity index is 1.40. The summed E-state index contributed by atoms with van der Waals surface area (Å²) in [6, 6.07) is 14.1. The van der Waals surface area contributed by atoms with Gasteiger partial charge in [0.15, 0.2) is 5.16 Å². The first kappa shape index (κ1) is 23.0. The lowest BCUT2D eigenvalue weighted by Crippen LogP contribution is -2.37. The minimum atomic E-state index is -0.322. The fourth-order valence-electron chi connectivity index (χ4n) is 3.67. The van der Waals surface area contributed by atoms with Crippen LogP contribution in [0.25, 0.3) is 5.69 Å². The Morgan fingerprint density at radius 1 is 1.06 bits per heavy atom. The fraction of sp³-hybridized carbons (Fsp3) is 0.261. The third-order valence-electron chi connectivity index (χ3n) is 5.30. The molecule has 4 aromatic rings. The minimum Gasteiger partial charge on any atom is -0.378 e. The average molecular weight is 494 g/mol. The van der Waals surface area contributed by atoms with E-state index in [9.17, 15) is 4.39 Å². The number of rotatable bonds is 7. The molecular formula is C23H24FN9OS. The molecular weight excluding hydrogens is 469 g/mol. The first-order valence-corrected chi connectivity index (χ1v) is 12.0. The predicted octanol–water partition coefficient (Wildman–Crippen LogP) is 3.35. The number of hydrogen-bond donors (Lipinski definition) is 2. The molecule has 1 aliphatic heterocycles. The zero-order valence-corrected chi connectivity index (χ0v) is 19.9. The van der Waals surface area contributed by atoms with Crippen LogP contribution in [0.2, 0.25) is 0 Å². The van der Waals surface area contributed by atoms with E-state index in [4.69, 9.17) is 10.5 Å². The zero-order valence-electron chi connectivity index (χ0n) is 19.1. The lowest BCUT2D eigenvalue weighted by molar-refractivity contribution is 0.122. The summed E-state index contributed by atoms with van der Waals surface area (Å²) in [6.07, 6.45) is 0. The third kappa shape index (κ3) is 5.49. The summed E-state index contributed by atoms with van der Waals surface area (Å²) in [6.45, 7) is 4.85. The number of hydrogen-bond acceptors (Lipinski definition) is 10. The van der Waals surface area contributed by atoms with Crippen LogP contribution in [0.15, 0.2) is 53.7 Å². The normalized spacial score (nSPS) is 13.7. The molecule has 0 spiro atoms. The van der Waals surface area contributed by atoms with E-state index < -0.39 is 0 Å². The molecule has 0 bridgehead atoms. The van der Waals surface area contributed by atoms with Crippen LogP contribution in [0.5, 0.6) is 0 Å². The van der Waals surface area contributed by atoms with Gasteiger partial charge in [-0.25, -0.2) is 4.39 Å². The fourth-order valence-corrected chi connectivity index (χ4v) is 4.47. The summed E-state index contributed by atoms with van der Waals surface area (Å²) in [4.78, 5) is 15.0. The molecule has 0 atom stereocenters. The number of ether oxygens (including phenoxy) is 1. The summed E-state index contributed by atoms with van der Waals surface area (Å²) >= 11 is 1.46. The molecule has 0 amide bonds. The van der Waals surface area contributed by atoms with Gasteiger partial charge in [-0.1, -0.05) is 23.9 Å². The second kappa shape index (κ2) is 10.2. The Bertz CT molecular complexity index is 1310. The maximum Gasteiger partial charge on any atom is 0.232 e. The number of nitrogens with two attached hydrogens (primary N) is 1. The van der Waals surface area contributed by atoms with E-state index in [0.29, 0.717) is 35.6 Å². The molecule has 12 heteroatoms. The van der Waals surface area contributed by atoms with Crippen LogP contribution in [0.1, 0.15) is 11.4 Å². The van der Waals surface area contributed by atoms with Gasteiger partial charge in [0.05, 0.1) is 24.7 Å². The highest BCUT2D eigenvalue weighted by Gasteiger charge is 2.22. The number of aromatic nitrogens is 6. The van der Waals surface area contributed by atoms with E-state index >= 15 is 0 Å². The molecule has 0 unspecified atom stereocenters. The van der Waals surface area contributed by atoms with Gasteiger partial charge >= 0.3 is 0 Å². The van der Waals surface area contributed by atoms with E-state index in [0.717, 1.165) is 30.3 Å². The second-order valence-electron chi connectivity index (χ2n) is 7.91. The number of nitrogens with zero attached hydrogens (tertiary/aromatic N) is 7. The molecule has 0 radical (unpaired) electrons. The van der Waals surface area contributed by atoms with Gasteiger partial charge in [-0.05, 0) is 48.9 Å². The lowest BCUT2D eigenvalue weighted by Gasteiger charge is -2.28. The monoisotopic (exact) mass is 493 g/mol. The van der Waals surface area contributed by atoms with Crippen LogP contribution in [0.4, 0.5) is 27.9 Å². The van der Waals surface area contributed by atoms with Crippen molar-refractivity contribution in [2.45, 2.75) is 17.8 Å². The number of thioether (sulfide) groups is 1. The van der Waals surface area contributed by atoms with Gasteiger partial charge in [-0.3, -0.25) is 4.57 Å². The topological polar surface area (TPSA) is 120 Å². The summed E-state index contributed by atoms with van der Waals surface area (Å²) < 4.78 is 20.8. The van der Waals surface area contributed by atoms with Crippen LogP contribution < -0.4 is 16.0 Å². The molecule has 3 N–H and O–H groups in total. The maximum absolute atomic E-state index is 13.2. The van der Waals surface area contributed by atoms with Gasteiger partial charge in [0, 0.05) is 18.8 Å². The van der Waals surface area contributed by atoms with Crippen molar-refractivity contribution in [2.75, 3.05) is 42.3 Å². The molecule has 2 aromatic heterocycles. The second-order valence-corrected chi connectivity index (χ2v) is 8.85. The summed E-state index contributed by atoms with van der Waals surface area (Å²) in [5.41, 5.74) is 8.69. The number of nitrogens with one attached hydrogen (secondary N) is 1. The largest absolute Gasteiger partial charge is 0.378 e. The summed E-state index contributed by atoms with van der Waals surface area (Å²) in [5, 5.41) is 12.7. The van der Waals surface area contributed by atoms with Crippen LogP contribution >= 0.6 is 11.8 Å². The van der Waals surface area contributed by atoms with Crippen LogP contribution in [0.3, 0.4) is 0 Å². The average Bonchev–Trinajstić information content (AvgIpc) is 3.28. The Hall–Kier alpha value is -3.77. The molecule has 180 valence electrons. The van der Waals surface area contributed by atoms with Gasteiger partial charge in [0.2, 0.25) is 17.8 Å². The number of anilines is 4. The summed E-state index contributed by atoms with van der Waals surface area (Å²) in [7, 11) is 0. The van der Waals surface area contributed by atoms with E-state index in [1.807, 2.05) is 16.7 Å². The van der Waals surface area contributed by atoms with Gasteiger partial charge in [-0.2, -0.15) is 15.0 Å². The molecule has 1 fully saturated rings. The lowest BCUT2D eigenvalue weighted by atomic mass is 10.2. The number of nitrogen functional groups attached to an aromatic ring is 1. The van der Waals surface area contributed by atoms with Crippen LogP contribution in [-0.2, 0) is 10.5 Å². The smallest absolute Gasteiger partial charge is 0.232 e. The number of aryl methyl sites for hydroxylation is 1. The van der Waals surface area contributed by atoms with E-state index in [1.54, 1.807) is 12.1 Å². The highest BCUT2D eigenvalue weighted by atomic mass is 32.2. The standard InChI is InChI=1S/C23H24FN9OS/c1-15-3-2-4-18(13-15)33-22(32-9-11-34-12-10-32)30-31-23(33)35-14-19-27-20(25)29-21(28-19)26-17-7-5-16(24)6-8-17/h2-8,13H,9-12,14H2,1H3,(H3,25,26,27,28,29). The molecule has 10 nitrogen and oxygen atoms in total. The van der Waals surface area contributed by atoms with Crippen LogP contribution in [-0.4, -0.2) is 56.0 Å². The van der Waals surface area contributed by atoms with Crippen molar-refractivity contribution in [1.29, 1.82) is 0 Å². The Morgan fingerprint density at radius 3 is 2.63 bits per heavy atom. The van der Waals surface area contributed by atoms with Gasteiger partial charge in [0.1, 0.15) is 11.6 Å². The van der Waals surface area contributed by atoms with Gasteiger partial charge < -0.3 is 20.7 Å². The van der Waals surface area contributed by atoms with Crippen molar-refractivity contribution in [2.24, 2.45) is 0 Å². The molecule has 3 heterocycles. The molecule has 1 saturated heterocycles. The number of halogens is 1. The Kier molecular flexibility index (Phi) is 6.73. The van der Waals surface area contributed by atoms with Crippen molar-refractivity contribution in [3.8, 4) is 5.69 Å². The predicted molar refractivity (Wildman–Crippen MR) is 133 cm³/mol. The third-order valence-corrected chi connectivity index (χ3v) is 6.22. The van der Waals surface area contributed by atoms with E-state index in [1.165, 1.54) is 23.9 Å². The molecule has 0 aliphatic carbocycles. The number of benzene rings is 2.